The van der Waals surface area contributed by atoms with Crippen molar-refractivity contribution in [2.45, 2.75) is 75.9 Å². The average Bonchev–Trinajstić information content (AvgIpc) is 2.51. The van der Waals surface area contributed by atoms with Gasteiger partial charge in [-0.1, -0.05) is 19.3 Å². The molecule has 1 amide bonds. The predicted molar refractivity (Wildman–Crippen MR) is 80.6 cm³/mol. The zero-order valence-electron chi connectivity index (χ0n) is 12.5. The maximum Gasteiger partial charge on any atom is 0.237 e. The van der Waals surface area contributed by atoms with Gasteiger partial charge in [-0.25, -0.2) is 0 Å². The predicted octanol–water partition coefficient (Wildman–Crippen LogP) is 1.56. The van der Waals surface area contributed by atoms with E-state index in [1.807, 2.05) is 0 Å². The molecule has 3 aliphatic rings. The molecule has 0 aromatic carbocycles. The van der Waals surface area contributed by atoms with Crippen molar-refractivity contribution >= 4 is 5.91 Å². The number of piperidine rings is 2. The van der Waals surface area contributed by atoms with Crippen LogP contribution in [-0.2, 0) is 4.79 Å². The van der Waals surface area contributed by atoms with Crippen molar-refractivity contribution in [1.82, 2.24) is 16.0 Å². The van der Waals surface area contributed by atoms with Gasteiger partial charge in [0, 0.05) is 18.6 Å². The zero-order chi connectivity index (χ0) is 13.8. The van der Waals surface area contributed by atoms with E-state index in [9.17, 15) is 4.79 Å². The highest BCUT2D eigenvalue weighted by Gasteiger charge is 2.35. The van der Waals surface area contributed by atoms with E-state index < -0.39 is 0 Å². The van der Waals surface area contributed by atoms with Gasteiger partial charge >= 0.3 is 0 Å². The number of hydrogen-bond donors (Lipinski definition) is 3. The first-order valence-corrected chi connectivity index (χ1v) is 8.62. The van der Waals surface area contributed by atoms with Crippen molar-refractivity contribution < 1.29 is 4.79 Å². The monoisotopic (exact) mass is 279 g/mol. The highest BCUT2D eigenvalue weighted by Crippen LogP contribution is 2.31. The van der Waals surface area contributed by atoms with Crippen LogP contribution in [0.25, 0.3) is 0 Å². The molecule has 3 rings (SSSR count). The number of rotatable bonds is 3. The van der Waals surface area contributed by atoms with Crippen LogP contribution in [0.2, 0.25) is 0 Å². The Kier molecular flexibility index (Phi) is 4.94. The van der Waals surface area contributed by atoms with Crippen LogP contribution in [0.1, 0.15) is 57.8 Å². The standard InChI is InChI=1S/C16H29N3O/c20-16-15(9-5-11-18-16)19-14-8-2-1-6-12(14)13-7-3-4-10-17-13/h12-15,17,19H,1-11H2,(H,18,20). The van der Waals surface area contributed by atoms with Crippen LogP contribution in [0.15, 0.2) is 0 Å². The van der Waals surface area contributed by atoms with Crippen molar-refractivity contribution in [2.24, 2.45) is 5.92 Å². The third-order valence-corrected chi connectivity index (χ3v) is 5.39. The molecule has 114 valence electrons. The zero-order valence-corrected chi connectivity index (χ0v) is 12.5. The van der Waals surface area contributed by atoms with Gasteiger partial charge in [0.25, 0.3) is 0 Å². The Labute approximate surface area is 122 Å². The van der Waals surface area contributed by atoms with Crippen molar-refractivity contribution in [1.29, 1.82) is 0 Å². The van der Waals surface area contributed by atoms with E-state index >= 15 is 0 Å². The molecule has 0 aromatic rings. The second-order valence-corrected chi connectivity index (χ2v) is 6.76. The smallest absolute Gasteiger partial charge is 0.237 e. The van der Waals surface area contributed by atoms with Crippen molar-refractivity contribution in [3.63, 3.8) is 0 Å². The minimum Gasteiger partial charge on any atom is -0.355 e. The van der Waals surface area contributed by atoms with E-state index in [-0.39, 0.29) is 11.9 Å². The Morgan fingerprint density at radius 1 is 0.900 bits per heavy atom. The third-order valence-electron chi connectivity index (χ3n) is 5.39. The lowest BCUT2D eigenvalue weighted by molar-refractivity contribution is -0.125. The summed E-state index contributed by atoms with van der Waals surface area (Å²) >= 11 is 0. The fourth-order valence-corrected chi connectivity index (χ4v) is 4.28. The molecule has 1 aliphatic carbocycles. The number of hydrogen-bond acceptors (Lipinski definition) is 3. The summed E-state index contributed by atoms with van der Waals surface area (Å²) in [4.78, 5) is 12.0. The Morgan fingerprint density at radius 2 is 1.75 bits per heavy atom. The molecule has 3 fully saturated rings. The molecule has 0 bridgehead atoms. The molecule has 0 aromatic heterocycles. The SMILES string of the molecule is O=C1NCCCC1NC1CCCCC1C1CCCCN1. The molecule has 3 N–H and O–H groups in total. The van der Waals surface area contributed by atoms with Crippen LogP contribution in [0.4, 0.5) is 0 Å². The summed E-state index contributed by atoms with van der Waals surface area (Å²) in [7, 11) is 0. The molecule has 2 aliphatic heterocycles. The van der Waals surface area contributed by atoms with E-state index in [1.54, 1.807) is 0 Å². The van der Waals surface area contributed by atoms with Crippen LogP contribution >= 0.6 is 0 Å². The lowest BCUT2D eigenvalue weighted by atomic mass is 9.77. The van der Waals surface area contributed by atoms with Crippen LogP contribution < -0.4 is 16.0 Å². The van der Waals surface area contributed by atoms with Gasteiger partial charge in [0.15, 0.2) is 0 Å². The lowest BCUT2D eigenvalue weighted by Crippen LogP contribution is -2.57. The molecule has 4 atom stereocenters. The maximum atomic E-state index is 12.0. The summed E-state index contributed by atoms with van der Waals surface area (Å²) in [6.45, 7) is 2.03. The summed E-state index contributed by atoms with van der Waals surface area (Å²) < 4.78 is 0. The van der Waals surface area contributed by atoms with Crippen molar-refractivity contribution in [2.75, 3.05) is 13.1 Å². The molecule has 0 spiro atoms. The molecule has 4 nitrogen and oxygen atoms in total. The lowest BCUT2D eigenvalue weighted by Gasteiger charge is -2.41. The van der Waals surface area contributed by atoms with Gasteiger partial charge in [-0.2, -0.15) is 0 Å². The van der Waals surface area contributed by atoms with Gasteiger partial charge in [0.2, 0.25) is 5.91 Å². The van der Waals surface area contributed by atoms with Gasteiger partial charge in [-0.15, -0.1) is 0 Å². The highest BCUT2D eigenvalue weighted by molar-refractivity contribution is 5.82. The third kappa shape index (κ3) is 3.34. The van der Waals surface area contributed by atoms with Gasteiger partial charge in [-0.05, 0) is 51.0 Å². The summed E-state index contributed by atoms with van der Waals surface area (Å²) in [5.41, 5.74) is 0. The summed E-state index contributed by atoms with van der Waals surface area (Å²) in [6.07, 6.45) is 11.4. The molecule has 4 heteroatoms. The van der Waals surface area contributed by atoms with Crippen molar-refractivity contribution in [3.8, 4) is 0 Å². The van der Waals surface area contributed by atoms with Gasteiger partial charge in [0.05, 0.1) is 6.04 Å². The van der Waals surface area contributed by atoms with Gasteiger partial charge in [-0.3, -0.25) is 4.79 Å². The summed E-state index contributed by atoms with van der Waals surface area (Å²) in [5, 5.41) is 10.4. The van der Waals surface area contributed by atoms with Crippen LogP contribution in [-0.4, -0.2) is 37.1 Å². The normalized spacial score (nSPS) is 39.3. The molecule has 1 saturated carbocycles. The summed E-state index contributed by atoms with van der Waals surface area (Å²) in [5.74, 6) is 0.941. The minimum atomic E-state index is 0.0536. The van der Waals surface area contributed by atoms with Crippen LogP contribution in [0, 0.1) is 5.92 Å². The molecule has 20 heavy (non-hydrogen) atoms. The number of carbonyl (C=O) groups is 1. The Hall–Kier alpha value is -0.610. The largest absolute Gasteiger partial charge is 0.355 e. The Bertz CT molecular complexity index is 328. The number of carbonyl (C=O) groups excluding carboxylic acids is 1. The number of amides is 1. The van der Waals surface area contributed by atoms with Crippen molar-refractivity contribution in [3.05, 3.63) is 0 Å². The molecule has 0 radical (unpaired) electrons. The first kappa shape index (κ1) is 14.3. The first-order chi connectivity index (χ1) is 9.84. The quantitative estimate of drug-likeness (QED) is 0.735. The average molecular weight is 279 g/mol. The Morgan fingerprint density at radius 3 is 2.55 bits per heavy atom. The first-order valence-electron chi connectivity index (χ1n) is 8.62. The molecule has 2 saturated heterocycles. The Balaban J connectivity index is 1.60. The van der Waals surface area contributed by atoms with Crippen LogP contribution in [0.5, 0.6) is 0 Å². The number of nitrogens with one attached hydrogen (secondary N) is 3. The fraction of sp³-hybridized carbons (Fsp3) is 0.938. The van der Waals surface area contributed by atoms with E-state index in [0.29, 0.717) is 12.1 Å². The van der Waals surface area contributed by atoms with Gasteiger partial charge < -0.3 is 16.0 Å². The molecule has 2 heterocycles. The molecular weight excluding hydrogens is 250 g/mol. The molecular formula is C16H29N3O. The van der Waals surface area contributed by atoms with E-state index in [4.69, 9.17) is 0 Å². The summed E-state index contributed by atoms with van der Waals surface area (Å²) in [6, 6.07) is 1.26. The van der Waals surface area contributed by atoms with Crippen LogP contribution in [0.3, 0.4) is 0 Å². The van der Waals surface area contributed by atoms with Gasteiger partial charge in [0.1, 0.15) is 0 Å². The topological polar surface area (TPSA) is 53.2 Å². The highest BCUT2D eigenvalue weighted by atomic mass is 16.2. The fourth-order valence-electron chi connectivity index (χ4n) is 4.28. The van der Waals surface area contributed by atoms with E-state index in [2.05, 4.69) is 16.0 Å². The van der Waals surface area contributed by atoms with E-state index in [1.165, 1.54) is 51.5 Å². The maximum absolute atomic E-state index is 12.0. The minimum absolute atomic E-state index is 0.0536. The second kappa shape index (κ2) is 6.90. The van der Waals surface area contributed by atoms with E-state index in [0.717, 1.165) is 25.3 Å². The second-order valence-electron chi connectivity index (χ2n) is 6.76. The molecule has 4 unspecified atom stereocenters.